The fraction of sp³-hybridized carbons (Fsp3) is 0.474. The molecule has 3 N–H and O–H groups in total. The summed E-state index contributed by atoms with van der Waals surface area (Å²) in [5.74, 6) is -0.783. The summed E-state index contributed by atoms with van der Waals surface area (Å²) < 4.78 is 25.6. The zero-order chi connectivity index (χ0) is 21.2. The second-order valence-corrected chi connectivity index (χ2v) is 7.79. The molecular formula is C19H24FN5O4. The molecule has 1 saturated heterocycles. The van der Waals surface area contributed by atoms with Crippen LogP contribution in [-0.2, 0) is 4.74 Å². The van der Waals surface area contributed by atoms with Crippen LogP contribution in [0.3, 0.4) is 0 Å². The van der Waals surface area contributed by atoms with Gasteiger partial charge in [0.1, 0.15) is 17.3 Å². The number of rotatable bonds is 4. The van der Waals surface area contributed by atoms with Gasteiger partial charge in [0, 0.05) is 24.7 Å². The molecule has 2 atom stereocenters. The van der Waals surface area contributed by atoms with E-state index < -0.39 is 29.9 Å². The molecule has 29 heavy (non-hydrogen) atoms. The number of amides is 2. The Balaban J connectivity index is 1.70. The van der Waals surface area contributed by atoms with Gasteiger partial charge in [-0.05, 0) is 26.8 Å². The van der Waals surface area contributed by atoms with E-state index in [1.807, 2.05) is 0 Å². The maximum absolute atomic E-state index is 14.7. The summed E-state index contributed by atoms with van der Waals surface area (Å²) in [4.78, 5) is 36.3. The van der Waals surface area contributed by atoms with E-state index >= 15 is 0 Å². The van der Waals surface area contributed by atoms with E-state index in [9.17, 15) is 14.0 Å². The van der Waals surface area contributed by atoms with E-state index in [-0.39, 0.29) is 31.0 Å². The summed E-state index contributed by atoms with van der Waals surface area (Å²) in [6, 6.07) is 1.52. The van der Waals surface area contributed by atoms with Gasteiger partial charge in [0.15, 0.2) is 6.17 Å². The Hall–Kier alpha value is -3.17. The third kappa shape index (κ3) is 5.01. The summed E-state index contributed by atoms with van der Waals surface area (Å²) in [7, 11) is 0. The van der Waals surface area contributed by atoms with E-state index in [0.717, 1.165) is 0 Å². The Kier molecular flexibility index (Phi) is 5.71. The first-order chi connectivity index (χ1) is 13.6. The molecule has 0 spiro atoms. The van der Waals surface area contributed by atoms with Gasteiger partial charge in [-0.15, -0.1) is 0 Å². The molecule has 156 valence electrons. The number of aromatic amines is 1. The van der Waals surface area contributed by atoms with Crippen LogP contribution in [0, 0.1) is 0 Å². The fourth-order valence-corrected chi connectivity index (χ4v) is 2.94. The minimum absolute atomic E-state index is 0.0406. The lowest BCUT2D eigenvalue weighted by Gasteiger charge is -2.35. The van der Waals surface area contributed by atoms with E-state index in [0.29, 0.717) is 11.3 Å². The number of nitrogens with one attached hydrogen (secondary N) is 1. The number of nitrogens with zero attached hydrogens (tertiary/aromatic N) is 3. The number of aromatic nitrogens is 3. The van der Waals surface area contributed by atoms with Gasteiger partial charge >= 0.3 is 6.09 Å². The lowest BCUT2D eigenvalue weighted by molar-refractivity contribution is -0.0115. The second-order valence-electron chi connectivity index (χ2n) is 7.79. The molecule has 2 unspecified atom stereocenters. The monoisotopic (exact) mass is 405 g/mol. The molecule has 2 amide bonds. The van der Waals surface area contributed by atoms with Gasteiger partial charge in [-0.1, -0.05) is 0 Å². The number of hydrogen-bond acceptors (Lipinski definition) is 6. The average molecular weight is 405 g/mol. The molecule has 0 bridgehead atoms. The topological polar surface area (TPSA) is 123 Å². The highest BCUT2D eigenvalue weighted by Gasteiger charge is 2.35. The lowest BCUT2D eigenvalue weighted by atomic mass is 10.1. The summed E-state index contributed by atoms with van der Waals surface area (Å²) >= 11 is 0. The van der Waals surface area contributed by atoms with Gasteiger partial charge in [0.2, 0.25) is 5.88 Å². The number of nitrogens with two attached hydrogens (primary N) is 1. The zero-order valence-corrected chi connectivity index (χ0v) is 16.5. The van der Waals surface area contributed by atoms with Crippen LogP contribution in [-0.4, -0.2) is 62.8 Å². The highest BCUT2D eigenvalue weighted by Crippen LogP contribution is 2.26. The number of imidazole rings is 1. The molecule has 0 radical (unpaired) electrons. The Morgan fingerprint density at radius 1 is 1.34 bits per heavy atom. The van der Waals surface area contributed by atoms with Crippen LogP contribution in [0.15, 0.2) is 24.8 Å². The predicted octanol–water partition coefficient (Wildman–Crippen LogP) is 2.30. The van der Waals surface area contributed by atoms with Crippen LogP contribution < -0.4 is 10.5 Å². The molecule has 1 fully saturated rings. The maximum Gasteiger partial charge on any atom is 0.410 e. The molecule has 9 nitrogen and oxygen atoms in total. The van der Waals surface area contributed by atoms with E-state index in [2.05, 4.69) is 15.0 Å². The molecule has 2 aromatic rings. The first kappa shape index (κ1) is 20.6. The van der Waals surface area contributed by atoms with Crippen LogP contribution in [0.1, 0.15) is 37.6 Å². The SMILES string of the molecule is CC(C)(C)OC(=O)N1CCC(Oc2ncc(-c3cnc[nH]3)cc2C(N)=O)C(F)C1. The molecule has 0 aliphatic carbocycles. The zero-order valence-electron chi connectivity index (χ0n) is 16.5. The number of pyridine rings is 1. The van der Waals surface area contributed by atoms with E-state index in [1.165, 1.54) is 23.5 Å². The standard InChI is InChI=1S/C19H24FN5O4/c1-19(2,3)29-18(27)25-5-4-15(13(20)9-25)28-17-12(16(21)26)6-11(7-23-17)14-8-22-10-24-14/h6-8,10,13,15H,4-5,9H2,1-3H3,(H2,21,26)(H,22,24). The number of halogens is 1. The molecule has 3 heterocycles. The highest BCUT2D eigenvalue weighted by molar-refractivity contribution is 5.96. The highest BCUT2D eigenvalue weighted by atomic mass is 19.1. The van der Waals surface area contributed by atoms with Gasteiger partial charge < -0.3 is 25.1 Å². The number of likely N-dealkylation sites (tertiary alicyclic amines) is 1. The van der Waals surface area contributed by atoms with Gasteiger partial charge in [-0.3, -0.25) is 4.79 Å². The smallest absolute Gasteiger partial charge is 0.410 e. The molecule has 2 aromatic heterocycles. The quantitative estimate of drug-likeness (QED) is 0.804. The minimum Gasteiger partial charge on any atom is -0.471 e. The van der Waals surface area contributed by atoms with Crippen LogP contribution in [0.2, 0.25) is 0 Å². The van der Waals surface area contributed by atoms with Crippen molar-refractivity contribution in [3.63, 3.8) is 0 Å². The normalized spacial score (nSPS) is 19.7. The Labute approximate surface area is 167 Å². The first-order valence-electron chi connectivity index (χ1n) is 9.21. The second kappa shape index (κ2) is 8.06. The number of alkyl halides is 1. The first-order valence-corrected chi connectivity index (χ1v) is 9.21. The van der Waals surface area contributed by atoms with Crippen molar-refractivity contribution in [3.05, 3.63) is 30.4 Å². The number of carbonyl (C=O) groups excluding carboxylic acids is 2. The molecule has 10 heteroatoms. The van der Waals surface area contributed by atoms with Crippen LogP contribution in [0.25, 0.3) is 11.3 Å². The van der Waals surface area contributed by atoms with Crippen LogP contribution >= 0.6 is 0 Å². The number of primary amides is 1. The van der Waals surface area contributed by atoms with Gasteiger partial charge in [-0.25, -0.2) is 19.2 Å². The molecule has 0 saturated carbocycles. The Morgan fingerprint density at radius 3 is 2.69 bits per heavy atom. The molecular weight excluding hydrogens is 381 g/mol. The third-order valence-electron chi connectivity index (χ3n) is 4.32. The molecule has 1 aliphatic heterocycles. The summed E-state index contributed by atoms with van der Waals surface area (Å²) in [6.45, 7) is 5.34. The minimum atomic E-state index is -1.47. The van der Waals surface area contributed by atoms with Crippen molar-refractivity contribution in [2.75, 3.05) is 13.1 Å². The summed E-state index contributed by atoms with van der Waals surface area (Å²) in [6.07, 6.45) is 1.88. The largest absolute Gasteiger partial charge is 0.471 e. The average Bonchev–Trinajstić information content (AvgIpc) is 3.16. The molecule has 3 rings (SSSR count). The van der Waals surface area contributed by atoms with Crippen molar-refractivity contribution in [2.45, 2.75) is 45.1 Å². The van der Waals surface area contributed by atoms with E-state index in [1.54, 1.807) is 27.0 Å². The number of ether oxygens (including phenoxy) is 2. The van der Waals surface area contributed by atoms with Crippen LogP contribution in [0.5, 0.6) is 5.88 Å². The van der Waals surface area contributed by atoms with Gasteiger partial charge in [0.25, 0.3) is 5.91 Å². The van der Waals surface area contributed by atoms with Crippen molar-refractivity contribution in [2.24, 2.45) is 5.73 Å². The van der Waals surface area contributed by atoms with Crippen molar-refractivity contribution in [1.29, 1.82) is 0 Å². The summed E-state index contributed by atoms with van der Waals surface area (Å²) in [5.41, 5.74) is 6.08. The fourth-order valence-electron chi connectivity index (χ4n) is 2.94. The number of H-pyrrole nitrogens is 1. The van der Waals surface area contributed by atoms with Gasteiger partial charge in [0.05, 0.1) is 24.8 Å². The van der Waals surface area contributed by atoms with Crippen molar-refractivity contribution >= 4 is 12.0 Å². The lowest BCUT2D eigenvalue weighted by Crippen LogP contribution is -2.50. The van der Waals surface area contributed by atoms with E-state index in [4.69, 9.17) is 15.2 Å². The number of hydrogen-bond donors (Lipinski definition) is 2. The Bertz CT molecular complexity index is 881. The third-order valence-corrected chi connectivity index (χ3v) is 4.32. The van der Waals surface area contributed by atoms with Crippen LogP contribution in [0.4, 0.5) is 9.18 Å². The Morgan fingerprint density at radius 2 is 2.10 bits per heavy atom. The van der Waals surface area contributed by atoms with Crippen molar-refractivity contribution in [3.8, 4) is 17.1 Å². The predicted molar refractivity (Wildman–Crippen MR) is 102 cm³/mol. The number of carbonyl (C=O) groups is 2. The van der Waals surface area contributed by atoms with Crippen molar-refractivity contribution < 1.29 is 23.5 Å². The summed E-state index contributed by atoms with van der Waals surface area (Å²) in [5, 5.41) is 0. The molecule has 0 aromatic carbocycles. The maximum atomic E-state index is 14.7. The van der Waals surface area contributed by atoms with Gasteiger partial charge in [-0.2, -0.15) is 0 Å². The molecule has 1 aliphatic rings. The number of piperidine rings is 1. The van der Waals surface area contributed by atoms with Crippen molar-refractivity contribution in [1.82, 2.24) is 19.9 Å².